The molecule has 1 aromatic rings. The Morgan fingerprint density at radius 3 is 2.75 bits per heavy atom. The van der Waals surface area contributed by atoms with Crippen molar-refractivity contribution >= 4 is 17.3 Å². The number of aryl methyl sites for hydroxylation is 1. The zero-order valence-corrected chi connectivity index (χ0v) is 10.4. The first-order chi connectivity index (χ1) is 7.31. The summed E-state index contributed by atoms with van der Waals surface area (Å²) < 4.78 is 0. The van der Waals surface area contributed by atoms with E-state index in [2.05, 4.69) is 4.98 Å². The molecule has 6 heteroatoms. The van der Waals surface area contributed by atoms with Crippen molar-refractivity contribution < 1.29 is 15.0 Å². The first-order valence-electron chi connectivity index (χ1n) is 4.86. The third-order valence-corrected chi connectivity index (χ3v) is 2.96. The first-order valence-corrected chi connectivity index (χ1v) is 5.74. The molecular weight excluding hydrogens is 228 g/mol. The number of aromatic nitrogens is 1. The highest BCUT2D eigenvalue weighted by atomic mass is 32.1. The molecule has 1 aromatic heterocycles. The molecule has 0 aliphatic heterocycles. The summed E-state index contributed by atoms with van der Waals surface area (Å²) in [7, 11) is 1.76. The smallest absolute Gasteiger partial charge is 0.336 e. The number of rotatable bonds is 5. The monoisotopic (exact) mass is 244 g/mol. The van der Waals surface area contributed by atoms with E-state index in [4.69, 9.17) is 5.11 Å². The van der Waals surface area contributed by atoms with Crippen molar-refractivity contribution in [3.8, 4) is 0 Å². The number of thiazole rings is 1. The molecule has 16 heavy (non-hydrogen) atoms. The van der Waals surface area contributed by atoms with Crippen molar-refractivity contribution in [2.45, 2.75) is 26.0 Å². The minimum Gasteiger partial charge on any atom is -0.479 e. The summed E-state index contributed by atoms with van der Waals surface area (Å²) in [5.74, 6) is -1.21. The lowest BCUT2D eigenvalue weighted by Crippen LogP contribution is -2.45. The van der Waals surface area contributed by atoms with E-state index in [1.54, 1.807) is 23.3 Å². The molecule has 1 atom stereocenters. The van der Waals surface area contributed by atoms with Gasteiger partial charge >= 0.3 is 5.97 Å². The lowest BCUT2D eigenvalue weighted by molar-refractivity contribution is -0.158. The van der Waals surface area contributed by atoms with Crippen LogP contribution in [0.4, 0.5) is 0 Å². The summed E-state index contributed by atoms with van der Waals surface area (Å²) >= 11 is 1.55. The normalized spacial score (nSPS) is 15.1. The largest absolute Gasteiger partial charge is 0.479 e. The number of carboxylic acid groups (broad SMARTS) is 1. The maximum Gasteiger partial charge on any atom is 0.336 e. The molecule has 0 saturated carbocycles. The molecule has 0 radical (unpaired) electrons. The van der Waals surface area contributed by atoms with Gasteiger partial charge in [-0.3, -0.25) is 4.90 Å². The van der Waals surface area contributed by atoms with Gasteiger partial charge < -0.3 is 10.2 Å². The van der Waals surface area contributed by atoms with Crippen molar-refractivity contribution in [1.29, 1.82) is 0 Å². The van der Waals surface area contributed by atoms with E-state index in [1.807, 2.05) is 12.3 Å². The van der Waals surface area contributed by atoms with Gasteiger partial charge in [0.2, 0.25) is 0 Å². The number of hydrogen-bond donors (Lipinski definition) is 2. The Hall–Kier alpha value is -0.980. The Kier molecular flexibility index (Phi) is 4.01. The van der Waals surface area contributed by atoms with Crippen LogP contribution in [0.3, 0.4) is 0 Å². The van der Waals surface area contributed by atoms with Crippen LogP contribution in [-0.2, 0) is 11.3 Å². The first kappa shape index (κ1) is 13.1. The van der Waals surface area contributed by atoms with Crippen LogP contribution in [0.25, 0.3) is 0 Å². The summed E-state index contributed by atoms with van der Waals surface area (Å²) in [6.07, 6.45) is 0. The molecule has 0 aliphatic rings. The van der Waals surface area contributed by atoms with Crippen molar-refractivity contribution in [2.75, 3.05) is 13.6 Å². The Balaban J connectivity index is 2.54. The quantitative estimate of drug-likeness (QED) is 0.798. The molecule has 0 saturated heterocycles. The number of hydrogen-bond acceptors (Lipinski definition) is 5. The lowest BCUT2D eigenvalue weighted by Gasteiger charge is -2.24. The third kappa shape index (κ3) is 3.55. The van der Waals surface area contributed by atoms with Gasteiger partial charge in [-0.1, -0.05) is 0 Å². The number of carboxylic acids is 1. The number of aliphatic carboxylic acids is 1. The molecule has 0 amide bonds. The highest BCUT2D eigenvalue weighted by Gasteiger charge is 2.31. The molecule has 0 aromatic carbocycles. The molecular formula is C10H16N2O3S. The zero-order chi connectivity index (χ0) is 12.3. The number of nitrogens with zero attached hydrogens (tertiary/aromatic N) is 2. The van der Waals surface area contributed by atoms with E-state index in [-0.39, 0.29) is 6.54 Å². The summed E-state index contributed by atoms with van der Waals surface area (Å²) in [5.41, 5.74) is -0.828. The highest BCUT2D eigenvalue weighted by molar-refractivity contribution is 7.09. The van der Waals surface area contributed by atoms with Gasteiger partial charge in [-0.25, -0.2) is 9.78 Å². The molecule has 1 unspecified atom stereocenters. The maximum absolute atomic E-state index is 10.7. The molecule has 1 rings (SSSR count). The van der Waals surface area contributed by atoms with Crippen molar-refractivity contribution in [3.63, 3.8) is 0 Å². The molecule has 0 bridgehead atoms. The van der Waals surface area contributed by atoms with Gasteiger partial charge in [-0.2, -0.15) is 0 Å². The van der Waals surface area contributed by atoms with E-state index < -0.39 is 11.6 Å². The van der Waals surface area contributed by atoms with Gasteiger partial charge in [0, 0.05) is 18.5 Å². The van der Waals surface area contributed by atoms with Crippen LogP contribution in [0.2, 0.25) is 0 Å². The second-order valence-corrected chi connectivity index (χ2v) is 5.17. The zero-order valence-electron chi connectivity index (χ0n) is 9.60. The van der Waals surface area contributed by atoms with Gasteiger partial charge in [-0.05, 0) is 20.9 Å². The Morgan fingerprint density at radius 2 is 2.31 bits per heavy atom. The maximum atomic E-state index is 10.7. The number of likely N-dealkylation sites (N-methyl/N-ethyl adjacent to an activating group) is 1. The Labute approximate surface area is 98.4 Å². The SMILES string of the molecule is Cc1nc(CN(C)CC(C)(O)C(=O)O)cs1. The molecule has 0 aliphatic carbocycles. The Bertz CT molecular complexity index is 376. The van der Waals surface area contributed by atoms with Crippen LogP contribution < -0.4 is 0 Å². The van der Waals surface area contributed by atoms with Gasteiger partial charge in [0.15, 0.2) is 5.60 Å². The average Bonchev–Trinajstić information content (AvgIpc) is 2.49. The Morgan fingerprint density at radius 1 is 1.69 bits per heavy atom. The highest BCUT2D eigenvalue weighted by Crippen LogP contribution is 2.12. The molecule has 90 valence electrons. The fourth-order valence-corrected chi connectivity index (χ4v) is 2.01. The summed E-state index contributed by atoms with van der Waals surface area (Å²) in [6.45, 7) is 3.81. The van der Waals surface area contributed by atoms with Gasteiger partial charge in [0.1, 0.15) is 0 Å². The van der Waals surface area contributed by atoms with Crippen molar-refractivity contribution in [2.24, 2.45) is 0 Å². The number of carbonyl (C=O) groups is 1. The molecule has 5 nitrogen and oxygen atoms in total. The molecule has 0 fully saturated rings. The summed E-state index contributed by atoms with van der Waals surface area (Å²) in [5, 5.41) is 21.3. The van der Waals surface area contributed by atoms with E-state index in [0.29, 0.717) is 6.54 Å². The van der Waals surface area contributed by atoms with Crippen LogP contribution in [0.5, 0.6) is 0 Å². The van der Waals surface area contributed by atoms with Crippen molar-refractivity contribution in [1.82, 2.24) is 9.88 Å². The van der Waals surface area contributed by atoms with E-state index in [0.717, 1.165) is 10.7 Å². The van der Waals surface area contributed by atoms with Crippen LogP contribution in [0.1, 0.15) is 17.6 Å². The summed E-state index contributed by atoms with van der Waals surface area (Å²) in [4.78, 5) is 16.7. The number of aliphatic hydroxyl groups is 1. The van der Waals surface area contributed by atoms with Gasteiger partial charge in [0.25, 0.3) is 0 Å². The molecule has 0 spiro atoms. The van der Waals surface area contributed by atoms with E-state index in [9.17, 15) is 9.90 Å². The van der Waals surface area contributed by atoms with Gasteiger partial charge in [0.05, 0.1) is 10.7 Å². The fraction of sp³-hybridized carbons (Fsp3) is 0.600. The molecule has 2 N–H and O–H groups in total. The van der Waals surface area contributed by atoms with Crippen LogP contribution in [0, 0.1) is 6.92 Å². The predicted octanol–water partition coefficient (Wildman–Crippen LogP) is 0.719. The standard InChI is InChI=1S/C10H16N2O3S/c1-7-11-8(5-16-7)4-12(3)6-10(2,15)9(13)14/h5,15H,4,6H2,1-3H3,(H,13,14). The second-order valence-electron chi connectivity index (χ2n) is 4.11. The van der Waals surface area contributed by atoms with Crippen LogP contribution >= 0.6 is 11.3 Å². The average molecular weight is 244 g/mol. The predicted molar refractivity (Wildman–Crippen MR) is 61.4 cm³/mol. The minimum absolute atomic E-state index is 0.0684. The van der Waals surface area contributed by atoms with Crippen LogP contribution in [-0.4, -0.2) is 45.3 Å². The minimum atomic E-state index is -1.72. The summed E-state index contributed by atoms with van der Waals surface area (Å²) in [6, 6.07) is 0. The topological polar surface area (TPSA) is 73.7 Å². The van der Waals surface area contributed by atoms with Gasteiger partial charge in [-0.15, -0.1) is 11.3 Å². The van der Waals surface area contributed by atoms with E-state index in [1.165, 1.54) is 6.92 Å². The fourth-order valence-electron chi connectivity index (χ4n) is 1.41. The lowest BCUT2D eigenvalue weighted by atomic mass is 10.1. The van der Waals surface area contributed by atoms with E-state index >= 15 is 0 Å². The van der Waals surface area contributed by atoms with Crippen LogP contribution in [0.15, 0.2) is 5.38 Å². The van der Waals surface area contributed by atoms with Crippen molar-refractivity contribution in [3.05, 3.63) is 16.1 Å². The molecule has 1 heterocycles. The third-order valence-electron chi connectivity index (χ3n) is 2.14. The second kappa shape index (κ2) is 4.90.